The van der Waals surface area contributed by atoms with Crippen molar-refractivity contribution in [3.63, 3.8) is 0 Å². The number of carbonyl (C=O) groups excluding carboxylic acids is 1. The number of benzene rings is 2. The molecule has 9 nitrogen and oxygen atoms in total. The Balaban J connectivity index is 1.77. The fourth-order valence-corrected chi connectivity index (χ4v) is 3.32. The number of hydrogen-bond acceptors (Lipinski definition) is 7. The molecule has 3 rings (SSSR count). The third-order valence-electron chi connectivity index (χ3n) is 4.85. The number of hydrogen-bond donors (Lipinski definition) is 2. The fourth-order valence-electron chi connectivity index (χ4n) is 3.32. The molecule has 0 atom stereocenters. The fraction of sp³-hybridized carbons (Fsp3) is 0.250. The third-order valence-corrected chi connectivity index (χ3v) is 4.85. The van der Waals surface area contributed by atoms with Crippen LogP contribution in [-0.2, 0) is 17.6 Å². The average molecular weight is 450 g/mol. The van der Waals surface area contributed by atoms with E-state index in [-0.39, 0.29) is 12.3 Å². The van der Waals surface area contributed by atoms with Crippen molar-refractivity contribution in [2.75, 3.05) is 38.5 Å². The van der Waals surface area contributed by atoms with E-state index >= 15 is 0 Å². The lowest BCUT2D eigenvalue weighted by atomic mass is 10.1. The van der Waals surface area contributed by atoms with Gasteiger partial charge in [0.15, 0.2) is 11.5 Å². The molecule has 0 radical (unpaired) electrons. The Bertz CT molecular complexity index is 1160. The van der Waals surface area contributed by atoms with Crippen molar-refractivity contribution in [2.24, 2.45) is 0 Å². The Labute approximate surface area is 192 Å². The highest BCUT2D eigenvalue weighted by Crippen LogP contribution is 2.28. The number of rotatable bonds is 9. The smallest absolute Gasteiger partial charge is 0.308 e. The number of anilines is 2. The maximum absolute atomic E-state index is 12.7. The summed E-state index contributed by atoms with van der Waals surface area (Å²) < 4.78 is 10.5. The molecule has 0 aliphatic rings. The zero-order valence-corrected chi connectivity index (χ0v) is 19.0. The molecule has 1 amide bonds. The summed E-state index contributed by atoms with van der Waals surface area (Å²) >= 11 is 0. The van der Waals surface area contributed by atoms with Crippen LogP contribution in [-0.4, -0.2) is 55.3 Å². The number of carboxylic acids is 1. The van der Waals surface area contributed by atoms with Gasteiger partial charge < -0.3 is 24.8 Å². The summed E-state index contributed by atoms with van der Waals surface area (Å²) in [6, 6.07) is 12.4. The molecule has 0 fully saturated rings. The Morgan fingerprint density at radius 1 is 1.06 bits per heavy atom. The molecule has 0 unspecified atom stereocenters. The minimum Gasteiger partial charge on any atom is -0.493 e. The second-order valence-electron chi connectivity index (χ2n) is 7.50. The first-order chi connectivity index (χ1) is 15.8. The van der Waals surface area contributed by atoms with Gasteiger partial charge in [-0.3, -0.25) is 9.59 Å². The van der Waals surface area contributed by atoms with Gasteiger partial charge in [0.25, 0.3) is 5.91 Å². The zero-order valence-electron chi connectivity index (χ0n) is 19.0. The molecule has 0 saturated carbocycles. The second-order valence-corrected chi connectivity index (χ2v) is 7.50. The molecule has 9 heteroatoms. The lowest BCUT2D eigenvalue weighted by molar-refractivity contribution is -0.136. The summed E-state index contributed by atoms with van der Waals surface area (Å²) in [4.78, 5) is 34.4. The predicted octanol–water partition coefficient (Wildman–Crippen LogP) is 3.03. The first-order valence-electron chi connectivity index (χ1n) is 10.2. The van der Waals surface area contributed by atoms with Crippen LogP contribution in [0.5, 0.6) is 11.5 Å². The molecule has 1 heterocycles. The molecule has 2 aromatic carbocycles. The highest BCUT2D eigenvalue weighted by molar-refractivity contribution is 6.04. The number of ether oxygens (including phenoxy) is 2. The largest absolute Gasteiger partial charge is 0.493 e. The van der Waals surface area contributed by atoms with Crippen molar-refractivity contribution in [1.82, 2.24) is 9.97 Å². The van der Waals surface area contributed by atoms with E-state index in [9.17, 15) is 9.59 Å². The van der Waals surface area contributed by atoms with Crippen LogP contribution in [0.2, 0.25) is 0 Å². The van der Waals surface area contributed by atoms with E-state index in [0.29, 0.717) is 46.4 Å². The SMILES string of the molecule is COc1ccc(C(=O)Nc2cccc(Cc3ncc(CC(=O)O)c(N(C)C)n3)c2)cc1OC. The highest BCUT2D eigenvalue weighted by atomic mass is 16.5. The average Bonchev–Trinajstić information content (AvgIpc) is 2.79. The minimum absolute atomic E-state index is 0.147. The van der Waals surface area contributed by atoms with Crippen LogP contribution in [0.4, 0.5) is 11.5 Å². The number of nitrogens with one attached hydrogen (secondary N) is 1. The van der Waals surface area contributed by atoms with Crippen molar-refractivity contribution in [1.29, 1.82) is 0 Å². The van der Waals surface area contributed by atoms with Gasteiger partial charge in [-0.05, 0) is 35.9 Å². The van der Waals surface area contributed by atoms with Crippen molar-refractivity contribution < 1.29 is 24.2 Å². The van der Waals surface area contributed by atoms with Crippen LogP contribution in [0.1, 0.15) is 27.3 Å². The number of methoxy groups -OCH3 is 2. The lowest BCUT2D eigenvalue weighted by Crippen LogP contribution is -2.17. The number of nitrogens with zero attached hydrogens (tertiary/aromatic N) is 3. The van der Waals surface area contributed by atoms with Gasteiger partial charge in [0.1, 0.15) is 11.6 Å². The first-order valence-corrected chi connectivity index (χ1v) is 10.2. The van der Waals surface area contributed by atoms with Gasteiger partial charge in [-0.15, -0.1) is 0 Å². The summed E-state index contributed by atoms with van der Waals surface area (Å²) in [5.74, 6) is 0.919. The van der Waals surface area contributed by atoms with Crippen molar-refractivity contribution in [3.05, 3.63) is 71.2 Å². The van der Waals surface area contributed by atoms with Gasteiger partial charge in [-0.2, -0.15) is 0 Å². The Morgan fingerprint density at radius 3 is 2.48 bits per heavy atom. The Kier molecular flexibility index (Phi) is 7.45. The molecule has 3 aromatic rings. The summed E-state index contributed by atoms with van der Waals surface area (Å²) in [6.45, 7) is 0. The molecular weight excluding hydrogens is 424 g/mol. The minimum atomic E-state index is -0.938. The van der Waals surface area contributed by atoms with Crippen molar-refractivity contribution in [2.45, 2.75) is 12.8 Å². The van der Waals surface area contributed by atoms with E-state index in [1.807, 2.05) is 32.3 Å². The summed E-state index contributed by atoms with van der Waals surface area (Å²) in [6.07, 6.45) is 1.83. The molecule has 0 aliphatic carbocycles. The van der Waals surface area contributed by atoms with Crippen molar-refractivity contribution >= 4 is 23.4 Å². The number of carbonyl (C=O) groups is 2. The molecule has 0 spiro atoms. The van der Waals surface area contributed by atoms with E-state index in [0.717, 1.165) is 5.56 Å². The van der Waals surface area contributed by atoms with Crippen LogP contribution in [0.15, 0.2) is 48.7 Å². The summed E-state index contributed by atoms with van der Waals surface area (Å²) in [7, 11) is 6.67. The second kappa shape index (κ2) is 10.4. The molecule has 0 aliphatic heterocycles. The highest BCUT2D eigenvalue weighted by Gasteiger charge is 2.14. The van der Waals surface area contributed by atoms with E-state index in [1.165, 1.54) is 14.2 Å². The predicted molar refractivity (Wildman–Crippen MR) is 124 cm³/mol. The van der Waals surface area contributed by atoms with E-state index < -0.39 is 5.97 Å². The third kappa shape index (κ3) is 5.97. The van der Waals surface area contributed by atoms with Gasteiger partial charge in [0, 0.05) is 43.5 Å². The van der Waals surface area contributed by atoms with Gasteiger partial charge >= 0.3 is 5.97 Å². The quantitative estimate of drug-likeness (QED) is 0.511. The van der Waals surface area contributed by atoms with Crippen LogP contribution in [0, 0.1) is 0 Å². The van der Waals surface area contributed by atoms with Gasteiger partial charge in [-0.25, -0.2) is 9.97 Å². The topological polar surface area (TPSA) is 114 Å². The molecule has 172 valence electrons. The zero-order chi connectivity index (χ0) is 24.0. The van der Waals surface area contributed by atoms with Crippen molar-refractivity contribution in [3.8, 4) is 11.5 Å². The van der Waals surface area contributed by atoms with E-state index in [1.54, 1.807) is 35.4 Å². The monoisotopic (exact) mass is 450 g/mol. The maximum atomic E-state index is 12.7. The van der Waals surface area contributed by atoms with Crippen LogP contribution >= 0.6 is 0 Å². The van der Waals surface area contributed by atoms with E-state index in [2.05, 4.69) is 15.3 Å². The van der Waals surface area contributed by atoms with Crippen LogP contribution < -0.4 is 19.7 Å². The number of carboxylic acid groups (broad SMARTS) is 1. The van der Waals surface area contributed by atoms with Crippen LogP contribution in [0.25, 0.3) is 0 Å². The molecule has 0 bridgehead atoms. The van der Waals surface area contributed by atoms with Crippen LogP contribution in [0.3, 0.4) is 0 Å². The van der Waals surface area contributed by atoms with Gasteiger partial charge in [-0.1, -0.05) is 12.1 Å². The molecular formula is C24H26N4O5. The summed E-state index contributed by atoms with van der Waals surface area (Å²) in [5.41, 5.74) is 2.51. The normalized spacial score (nSPS) is 10.4. The van der Waals surface area contributed by atoms with Gasteiger partial charge in [0.2, 0.25) is 0 Å². The standard InChI is InChI=1S/C24H26N4O5/c1-28(2)23-17(13-22(29)30)14-25-21(27-23)11-15-6-5-7-18(10-15)26-24(31)16-8-9-19(32-3)20(12-16)33-4/h5-10,12,14H,11,13H2,1-4H3,(H,26,31)(H,29,30). The van der Waals surface area contributed by atoms with Gasteiger partial charge in [0.05, 0.1) is 20.6 Å². The Hall–Kier alpha value is -4.14. The molecule has 1 aromatic heterocycles. The Morgan fingerprint density at radius 2 is 1.82 bits per heavy atom. The van der Waals surface area contributed by atoms with E-state index in [4.69, 9.17) is 14.6 Å². The summed E-state index contributed by atoms with van der Waals surface area (Å²) in [5, 5.41) is 12.0. The number of aliphatic carboxylic acids is 1. The molecule has 2 N–H and O–H groups in total. The number of aromatic nitrogens is 2. The first kappa shape index (κ1) is 23.5. The molecule has 0 saturated heterocycles. The molecule has 33 heavy (non-hydrogen) atoms. The lowest BCUT2D eigenvalue weighted by Gasteiger charge is -2.16. The number of amides is 1. The maximum Gasteiger partial charge on any atom is 0.308 e.